The van der Waals surface area contributed by atoms with Gasteiger partial charge in [0, 0.05) is 31.1 Å². The first-order valence-electron chi connectivity index (χ1n) is 9.31. The van der Waals surface area contributed by atoms with E-state index in [-0.39, 0.29) is 0 Å². The standard InChI is InChI=1S/C18H32N2O/c1-2-3-4-14-5-7-15(8-6-14)18(21)20-12-11-16-9-10-17(13-20)19-16/h14-17,19H,2-13H2,1H3. The van der Waals surface area contributed by atoms with Gasteiger partial charge in [0.25, 0.3) is 0 Å². The Bertz CT molecular complexity index is 349. The maximum atomic E-state index is 12.8. The molecule has 2 heterocycles. The van der Waals surface area contributed by atoms with Gasteiger partial charge in [0.05, 0.1) is 0 Å². The molecule has 0 aromatic heterocycles. The third-order valence-electron chi connectivity index (χ3n) is 6.00. The largest absolute Gasteiger partial charge is 0.341 e. The van der Waals surface area contributed by atoms with Crippen molar-refractivity contribution in [1.29, 1.82) is 0 Å². The molecular weight excluding hydrogens is 260 g/mol. The molecule has 2 saturated heterocycles. The Labute approximate surface area is 129 Å². The Morgan fingerprint density at radius 1 is 1.05 bits per heavy atom. The minimum atomic E-state index is 0.333. The number of hydrogen-bond acceptors (Lipinski definition) is 2. The second kappa shape index (κ2) is 7.13. The van der Waals surface area contributed by atoms with E-state index in [9.17, 15) is 4.79 Å². The highest BCUT2D eigenvalue weighted by Gasteiger charge is 2.34. The van der Waals surface area contributed by atoms with E-state index in [4.69, 9.17) is 0 Å². The van der Waals surface area contributed by atoms with E-state index in [0.29, 0.717) is 23.9 Å². The van der Waals surface area contributed by atoms with E-state index in [1.165, 1.54) is 44.9 Å². The van der Waals surface area contributed by atoms with Crippen LogP contribution in [0.3, 0.4) is 0 Å². The van der Waals surface area contributed by atoms with Gasteiger partial charge in [-0.15, -0.1) is 0 Å². The number of unbranched alkanes of at least 4 members (excludes halogenated alkanes) is 1. The first-order chi connectivity index (χ1) is 10.3. The lowest BCUT2D eigenvalue weighted by Crippen LogP contribution is -2.42. The molecule has 2 bridgehead atoms. The van der Waals surface area contributed by atoms with Crippen molar-refractivity contribution in [2.45, 2.75) is 83.2 Å². The molecule has 3 nitrogen and oxygen atoms in total. The summed E-state index contributed by atoms with van der Waals surface area (Å²) >= 11 is 0. The minimum Gasteiger partial charge on any atom is -0.341 e. The van der Waals surface area contributed by atoms with Crippen LogP contribution in [0.1, 0.15) is 71.1 Å². The summed E-state index contributed by atoms with van der Waals surface area (Å²) in [6.07, 6.45) is 12.7. The van der Waals surface area contributed by atoms with Crippen molar-refractivity contribution in [1.82, 2.24) is 10.2 Å². The van der Waals surface area contributed by atoms with Crippen molar-refractivity contribution in [2.75, 3.05) is 13.1 Å². The van der Waals surface area contributed by atoms with Crippen molar-refractivity contribution in [2.24, 2.45) is 11.8 Å². The molecule has 3 aliphatic rings. The van der Waals surface area contributed by atoms with E-state index in [1.807, 2.05) is 0 Å². The Hall–Kier alpha value is -0.570. The zero-order chi connectivity index (χ0) is 14.7. The fourth-order valence-electron chi connectivity index (χ4n) is 4.59. The second-order valence-electron chi connectivity index (χ2n) is 7.57. The fraction of sp³-hybridized carbons (Fsp3) is 0.944. The summed E-state index contributed by atoms with van der Waals surface area (Å²) < 4.78 is 0. The molecule has 1 saturated carbocycles. The van der Waals surface area contributed by atoms with E-state index < -0.39 is 0 Å². The highest BCUT2D eigenvalue weighted by Crippen LogP contribution is 2.33. The molecular formula is C18H32N2O. The second-order valence-corrected chi connectivity index (χ2v) is 7.57. The van der Waals surface area contributed by atoms with Crippen LogP contribution in [0, 0.1) is 11.8 Å². The van der Waals surface area contributed by atoms with Crippen LogP contribution in [0.15, 0.2) is 0 Å². The number of hydrogen-bond donors (Lipinski definition) is 1. The summed E-state index contributed by atoms with van der Waals surface area (Å²) in [5.74, 6) is 1.70. The lowest BCUT2D eigenvalue weighted by molar-refractivity contribution is -0.137. The zero-order valence-electron chi connectivity index (χ0n) is 13.7. The Kier molecular flexibility index (Phi) is 5.20. The Balaban J connectivity index is 1.47. The number of carbonyl (C=O) groups excluding carboxylic acids is 1. The lowest BCUT2D eigenvalue weighted by Gasteiger charge is -2.33. The molecule has 3 heteroatoms. The first-order valence-corrected chi connectivity index (χ1v) is 9.31. The number of carbonyl (C=O) groups is 1. The summed E-state index contributed by atoms with van der Waals surface area (Å²) in [5, 5.41) is 3.68. The van der Waals surface area contributed by atoms with Crippen molar-refractivity contribution < 1.29 is 4.79 Å². The SMILES string of the molecule is CCCCC1CCC(C(=O)N2CCC3CCC(C2)N3)CC1. The van der Waals surface area contributed by atoms with Crippen molar-refractivity contribution >= 4 is 5.91 Å². The van der Waals surface area contributed by atoms with Gasteiger partial charge in [-0.1, -0.05) is 26.2 Å². The molecule has 3 fully saturated rings. The molecule has 2 atom stereocenters. The normalized spacial score (nSPS) is 36.5. The zero-order valence-corrected chi connectivity index (χ0v) is 13.7. The summed E-state index contributed by atoms with van der Waals surface area (Å²) in [7, 11) is 0. The van der Waals surface area contributed by atoms with E-state index in [0.717, 1.165) is 38.3 Å². The molecule has 120 valence electrons. The highest BCUT2D eigenvalue weighted by molar-refractivity contribution is 5.79. The van der Waals surface area contributed by atoms with Crippen molar-refractivity contribution in [3.63, 3.8) is 0 Å². The predicted molar refractivity (Wildman–Crippen MR) is 86.1 cm³/mol. The topological polar surface area (TPSA) is 32.3 Å². The number of nitrogens with one attached hydrogen (secondary N) is 1. The van der Waals surface area contributed by atoms with Crippen LogP contribution in [-0.4, -0.2) is 36.0 Å². The lowest BCUT2D eigenvalue weighted by atomic mass is 9.79. The molecule has 1 amide bonds. The van der Waals surface area contributed by atoms with E-state index >= 15 is 0 Å². The van der Waals surface area contributed by atoms with Crippen molar-refractivity contribution in [3.05, 3.63) is 0 Å². The van der Waals surface area contributed by atoms with Gasteiger partial charge in [-0.25, -0.2) is 0 Å². The molecule has 21 heavy (non-hydrogen) atoms. The third kappa shape index (κ3) is 3.80. The quantitative estimate of drug-likeness (QED) is 0.862. The highest BCUT2D eigenvalue weighted by atomic mass is 16.2. The van der Waals surface area contributed by atoms with Crippen LogP contribution < -0.4 is 5.32 Å². The van der Waals surface area contributed by atoms with Gasteiger partial charge in [0.1, 0.15) is 0 Å². The van der Waals surface area contributed by atoms with E-state index in [1.54, 1.807) is 0 Å². The number of fused-ring (bicyclic) bond motifs is 2. The van der Waals surface area contributed by atoms with Gasteiger partial charge in [-0.3, -0.25) is 4.79 Å². The number of amides is 1. The summed E-state index contributed by atoms with van der Waals surface area (Å²) in [5.41, 5.74) is 0. The monoisotopic (exact) mass is 292 g/mol. The number of nitrogens with zero attached hydrogens (tertiary/aromatic N) is 1. The van der Waals surface area contributed by atoms with Crippen LogP contribution >= 0.6 is 0 Å². The summed E-state index contributed by atoms with van der Waals surface area (Å²) in [4.78, 5) is 15.0. The molecule has 2 unspecified atom stereocenters. The Morgan fingerprint density at radius 3 is 2.57 bits per heavy atom. The average molecular weight is 292 g/mol. The van der Waals surface area contributed by atoms with Gasteiger partial charge in [0.15, 0.2) is 0 Å². The van der Waals surface area contributed by atoms with Crippen LogP contribution in [-0.2, 0) is 4.79 Å². The van der Waals surface area contributed by atoms with Crippen LogP contribution in [0.25, 0.3) is 0 Å². The minimum absolute atomic E-state index is 0.333. The van der Waals surface area contributed by atoms with Crippen molar-refractivity contribution in [3.8, 4) is 0 Å². The number of likely N-dealkylation sites (tertiary alicyclic amines) is 1. The van der Waals surface area contributed by atoms with Crippen LogP contribution in [0.4, 0.5) is 0 Å². The summed E-state index contributed by atoms with van der Waals surface area (Å²) in [6, 6.07) is 1.25. The number of rotatable bonds is 4. The van der Waals surface area contributed by atoms with Gasteiger partial charge >= 0.3 is 0 Å². The smallest absolute Gasteiger partial charge is 0.225 e. The molecule has 0 spiro atoms. The van der Waals surface area contributed by atoms with Crippen LogP contribution in [0.2, 0.25) is 0 Å². The fourth-order valence-corrected chi connectivity index (χ4v) is 4.59. The van der Waals surface area contributed by atoms with Gasteiger partial charge in [-0.05, 0) is 50.9 Å². The maximum Gasteiger partial charge on any atom is 0.225 e. The van der Waals surface area contributed by atoms with E-state index in [2.05, 4.69) is 17.1 Å². The molecule has 0 aromatic carbocycles. The average Bonchev–Trinajstić information content (AvgIpc) is 2.84. The first kappa shape index (κ1) is 15.3. The predicted octanol–water partition coefficient (Wildman–Crippen LogP) is 3.34. The third-order valence-corrected chi connectivity index (χ3v) is 6.00. The molecule has 1 aliphatic carbocycles. The maximum absolute atomic E-state index is 12.8. The molecule has 3 rings (SSSR count). The molecule has 0 radical (unpaired) electrons. The van der Waals surface area contributed by atoms with Gasteiger partial charge < -0.3 is 10.2 Å². The van der Waals surface area contributed by atoms with Crippen LogP contribution in [0.5, 0.6) is 0 Å². The summed E-state index contributed by atoms with van der Waals surface area (Å²) in [6.45, 7) is 4.23. The molecule has 1 N–H and O–H groups in total. The van der Waals surface area contributed by atoms with Gasteiger partial charge in [-0.2, -0.15) is 0 Å². The molecule has 2 aliphatic heterocycles. The Morgan fingerprint density at radius 2 is 1.81 bits per heavy atom. The molecule has 0 aromatic rings. The van der Waals surface area contributed by atoms with Gasteiger partial charge in [0.2, 0.25) is 5.91 Å².